The first-order chi connectivity index (χ1) is 6.66. The molecule has 72 valence electrons. The van der Waals surface area contributed by atoms with Crippen molar-refractivity contribution in [1.82, 2.24) is 9.97 Å². The molecule has 0 saturated heterocycles. The third-order valence-corrected chi connectivity index (χ3v) is 2.90. The minimum atomic E-state index is 0.525. The van der Waals surface area contributed by atoms with Crippen molar-refractivity contribution >= 4 is 28.1 Å². The van der Waals surface area contributed by atoms with Crippen molar-refractivity contribution in [1.29, 1.82) is 0 Å². The van der Waals surface area contributed by atoms with Gasteiger partial charge in [0.2, 0.25) is 0 Å². The number of rotatable bonds is 1. The van der Waals surface area contributed by atoms with Crippen molar-refractivity contribution < 1.29 is 0 Å². The topological polar surface area (TPSA) is 51.8 Å². The smallest absolute Gasteiger partial charge is 0.180 e. The Morgan fingerprint density at radius 1 is 1.50 bits per heavy atom. The van der Waals surface area contributed by atoms with Gasteiger partial charge in [0, 0.05) is 17.1 Å². The first-order valence-electron chi connectivity index (χ1n) is 4.00. The van der Waals surface area contributed by atoms with Crippen molar-refractivity contribution in [3.8, 4) is 11.3 Å². The second-order valence-corrected chi connectivity index (χ2v) is 4.15. The number of pyridine rings is 1. The van der Waals surface area contributed by atoms with E-state index in [4.69, 9.17) is 17.3 Å². The molecule has 0 aliphatic rings. The number of hydrogen-bond donors (Lipinski definition) is 1. The van der Waals surface area contributed by atoms with Crippen LogP contribution in [0, 0.1) is 6.92 Å². The molecule has 0 atom stereocenters. The van der Waals surface area contributed by atoms with Crippen LogP contribution in [0.1, 0.15) is 5.56 Å². The van der Waals surface area contributed by atoms with Crippen LogP contribution in [0.4, 0.5) is 5.13 Å². The van der Waals surface area contributed by atoms with E-state index in [1.165, 1.54) is 11.3 Å². The summed E-state index contributed by atoms with van der Waals surface area (Å²) in [6.45, 7) is 1.91. The van der Waals surface area contributed by atoms with Gasteiger partial charge in [-0.3, -0.25) is 0 Å². The molecule has 14 heavy (non-hydrogen) atoms. The zero-order valence-electron chi connectivity index (χ0n) is 7.49. The normalized spacial score (nSPS) is 10.4. The van der Waals surface area contributed by atoms with Crippen LogP contribution in [0.3, 0.4) is 0 Å². The minimum Gasteiger partial charge on any atom is -0.375 e. The van der Waals surface area contributed by atoms with E-state index < -0.39 is 0 Å². The molecule has 3 nitrogen and oxygen atoms in total. The number of aryl methyl sites for hydroxylation is 1. The molecule has 0 spiro atoms. The molecule has 2 N–H and O–H groups in total. The highest BCUT2D eigenvalue weighted by atomic mass is 35.5. The first kappa shape index (κ1) is 9.43. The fraction of sp³-hybridized carbons (Fsp3) is 0.111. The van der Waals surface area contributed by atoms with E-state index >= 15 is 0 Å². The Bertz CT molecular complexity index is 467. The highest BCUT2D eigenvalue weighted by molar-refractivity contribution is 7.13. The highest BCUT2D eigenvalue weighted by Crippen LogP contribution is 2.24. The lowest BCUT2D eigenvalue weighted by Gasteiger charge is -1.99. The average Bonchev–Trinajstić information content (AvgIpc) is 2.57. The summed E-state index contributed by atoms with van der Waals surface area (Å²) in [4.78, 5) is 8.22. The molecule has 2 heterocycles. The van der Waals surface area contributed by atoms with Crippen LogP contribution in [0.25, 0.3) is 11.3 Å². The monoisotopic (exact) mass is 225 g/mol. The number of hydrogen-bond acceptors (Lipinski definition) is 4. The molecule has 0 bridgehead atoms. The maximum atomic E-state index is 5.82. The zero-order chi connectivity index (χ0) is 10.1. The maximum absolute atomic E-state index is 5.82. The molecule has 2 aromatic rings. The highest BCUT2D eigenvalue weighted by Gasteiger charge is 2.04. The molecule has 0 aliphatic heterocycles. The van der Waals surface area contributed by atoms with Crippen molar-refractivity contribution in [3.05, 3.63) is 28.4 Å². The van der Waals surface area contributed by atoms with Gasteiger partial charge < -0.3 is 5.73 Å². The summed E-state index contributed by atoms with van der Waals surface area (Å²) >= 11 is 7.23. The molecule has 0 aromatic carbocycles. The lowest BCUT2D eigenvalue weighted by Crippen LogP contribution is -1.86. The lowest BCUT2D eigenvalue weighted by molar-refractivity contribution is 1.26. The number of aromatic nitrogens is 2. The van der Waals surface area contributed by atoms with Gasteiger partial charge >= 0.3 is 0 Å². The molecule has 0 aliphatic carbocycles. The van der Waals surface area contributed by atoms with Crippen molar-refractivity contribution in [2.24, 2.45) is 0 Å². The van der Waals surface area contributed by atoms with Crippen LogP contribution in [0.2, 0.25) is 5.15 Å². The SMILES string of the molecule is Cc1cc(-c2csc(N)n2)cnc1Cl. The largest absolute Gasteiger partial charge is 0.375 e. The maximum Gasteiger partial charge on any atom is 0.180 e. The molecule has 5 heteroatoms. The van der Waals surface area contributed by atoms with Gasteiger partial charge in [-0.25, -0.2) is 9.97 Å². The van der Waals surface area contributed by atoms with Crippen molar-refractivity contribution in [3.63, 3.8) is 0 Å². The van der Waals surface area contributed by atoms with E-state index in [2.05, 4.69) is 9.97 Å². The van der Waals surface area contributed by atoms with E-state index in [0.717, 1.165) is 16.8 Å². The molecule has 0 unspecified atom stereocenters. The Morgan fingerprint density at radius 3 is 2.86 bits per heavy atom. The molecule has 0 fully saturated rings. The summed E-state index contributed by atoms with van der Waals surface area (Å²) in [5.41, 5.74) is 8.28. The van der Waals surface area contributed by atoms with Crippen LogP contribution in [-0.2, 0) is 0 Å². The fourth-order valence-corrected chi connectivity index (χ4v) is 1.79. The van der Waals surface area contributed by atoms with Crippen molar-refractivity contribution in [2.75, 3.05) is 5.73 Å². The van der Waals surface area contributed by atoms with Crippen LogP contribution < -0.4 is 5.73 Å². The second kappa shape index (κ2) is 3.55. The second-order valence-electron chi connectivity index (χ2n) is 2.90. The predicted octanol–water partition coefficient (Wildman–Crippen LogP) is 2.75. The van der Waals surface area contributed by atoms with E-state index in [-0.39, 0.29) is 0 Å². The van der Waals surface area contributed by atoms with E-state index in [9.17, 15) is 0 Å². The van der Waals surface area contributed by atoms with Gasteiger partial charge in [-0.15, -0.1) is 11.3 Å². The molecule has 0 amide bonds. The summed E-state index contributed by atoms with van der Waals surface area (Å²) in [5, 5.41) is 2.99. The summed E-state index contributed by atoms with van der Waals surface area (Å²) in [5.74, 6) is 0. The average molecular weight is 226 g/mol. The Kier molecular flexibility index (Phi) is 2.39. The van der Waals surface area contributed by atoms with Gasteiger partial charge in [0.1, 0.15) is 5.15 Å². The molecule has 2 aromatic heterocycles. The van der Waals surface area contributed by atoms with Gasteiger partial charge in [-0.1, -0.05) is 11.6 Å². The number of nitrogens with two attached hydrogens (primary N) is 1. The van der Waals surface area contributed by atoms with E-state index in [0.29, 0.717) is 10.3 Å². The Balaban J connectivity index is 2.47. The molecule has 0 saturated carbocycles. The van der Waals surface area contributed by atoms with E-state index in [1.54, 1.807) is 6.20 Å². The first-order valence-corrected chi connectivity index (χ1v) is 5.26. The van der Waals surface area contributed by atoms with Crippen LogP contribution >= 0.6 is 22.9 Å². The molecular weight excluding hydrogens is 218 g/mol. The van der Waals surface area contributed by atoms with Gasteiger partial charge in [-0.05, 0) is 18.6 Å². The lowest BCUT2D eigenvalue weighted by atomic mass is 10.2. The quantitative estimate of drug-likeness (QED) is 0.760. The van der Waals surface area contributed by atoms with Gasteiger partial charge in [0.05, 0.1) is 5.69 Å². The zero-order valence-corrected chi connectivity index (χ0v) is 9.06. The van der Waals surface area contributed by atoms with Crippen LogP contribution in [-0.4, -0.2) is 9.97 Å². The van der Waals surface area contributed by atoms with Gasteiger partial charge in [-0.2, -0.15) is 0 Å². The number of nitrogen functional groups attached to an aromatic ring is 1. The number of thiazole rings is 1. The summed E-state index contributed by atoms with van der Waals surface area (Å²) in [6, 6.07) is 1.95. The van der Waals surface area contributed by atoms with Crippen LogP contribution in [0.5, 0.6) is 0 Å². The summed E-state index contributed by atoms with van der Waals surface area (Å²) in [7, 11) is 0. The number of halogens is 1. The molecular formula is C9H8ClN3S. The third-order valence-electron chi connectivity index (χ3n) is 1.83. The fourth-order valence-electron chi connectivity index (χ4n) is 1.12. The van der Waals surface area contributed by atoms with Crippen LogP contribution in [0.15, 0.2) is 17.6 Å². The Hall–Kier alpha value is -1.13. The number of anilines is 1. The van der Waals surface area contributed by atoms with E-state index in [1.807, 2.05) is 18.4 Å². The standard InChI is InChI=1S/C9H8ClN3S/c1-5-2-6(3-12-8(5)10)7-4-14-9(11)13-7/h2-4H,1H3,(H2,11,13). The summed E-state index contributed by atoms with van der Waals surface area (Å²) < 4.78 is 0. The number of nitrogens with zero attached hydrogens (tertiary/aromatic N) is 2. The summed E-state index contributed by atoms with van der Waals surface area (Å²) in [6.07, 6.45) is 1.70. The predicted molar refractivity (Wildman–Crippen MR) is 59.5 cm³/mol. The third kappa shape index (κ3) is 1.71. The Morgan fingerprint density at radius 2 is 2.29 bits per heavy atom. The Labute approximate surface area is 90.6 Å². The molecule has 0 radical (unpaired) electrons. The van der Waals surface area contributed by atoms with Gasteiger partial charge in [0.15, 0.2) is 5.13 Å². The minimum absolute atomic E-state index is 0.525. The van der Waals surface area contributed by atoms with Crippen molar-refractivity contribution in [2.45, 2.75) is 6.92 Å². The van der Waals surface area contributed by atoms with Gasteiger partial charge in [0.25, 0.3) is 0 Å². The molecule has 2 rings (SSSR count).